The fourth-order valence-corrected chi connectivity index (χ4v) is 2.65. The summed E-state index contributed by atoms with van der Waals surface area (Å²) in [7, 11) is 0. The minimum Gasteiger partial charge on any atom is -0.482 e. The van der Waals surface area contributed by atoms with Crippen molar-refractivity contribution in [2.24, 2.45) is 0 Å². The number of fused-ring (bicyclic) bond motifs is 1. The molecule has 2 heterocycles. The van der Waals surface area contributed by atoms with E-state index < -0.39 is 6.10 Å². The van der Waals surface area contributed by atoms with E-state index in [9.17, 15) is 9.90 Å². The zero-order valence-corrected chi connectivity index (χ0v) is 11.9. The van der Waals surface area contributed by atoms with Gasteiger partial charge in [-0.15, -0.1) is 0 Å². The highest BCUT2D eigenvalue weighted by molar-refractivity contribution is 5.83. The Bertz CT molecular complexity index is 521. The van der Waals surface area contributed by atoms with Gasteiger partial charge in [0.2, 0.25) is 6.10 Å². The van der Waals surface area contributed by atoms with Gasteiger partial charge >= 0.3 is 0 Å². The average Bonchev–Trinajstić information content (AvgIpc) is 2.53. The molecule has 6 heteroatoms. The Kier molecular flexibility index (Phi) is 3.98. The SMILES string of the molecule is CC1Oc2ccccc2OC1C(=O)N1CCOCC1CO. The van der Waals surface area contributed by atoms with Crippen LogP contribution in [0, 0.1) is 0 Å². The molecule has 3 rings (SSSR count). The number of aliphatic hydroxyl groups is 1. The zero-order chi connectivity index (χ0) is 14.8. The summed E-state index contributed by atoms with van der Waals surface area (Å²) in [5, 5.41) is 9.39. The van der Waals surface area contributed by atoms with E-state index in [1.165, 1.54) is 0 Å². The molecule has 0 saturated carbocycles. The van der Waals surface area contributed by atoms with Gasteiger partial charge in [0.1, 0.15) is 6.10 Å². The first-order chi connectivity index (χ1) is 10.2. The van der Waals surface area contributed by atoms with Crippen LogP contribution in [0.2, 0.25) is 0 Å². The third-order valence-corrected chi connectivity index (χ3v) is 3.81. The lowest BCUT2D eigenvalue weighted by atomic mass is 10.1. The van der Waals surface area contributed by atoms with Crippen molar-refractivity contribution in [2.75, 3.05) is 26.4 Å². The van der Waals surface area contributed by atoms with Crippen LogP contribution in [0.15, 0.2) is 24.3 Å². The molecule has 0 aromatic heterocycles. The fourth-order valence-electron chi connectivity index (χ4n) is 2.65. The molecule has 6 nitrogen and oxygen atoms in total. The standard InChI is InChI=1S/C15H19NO5/c1-10-14(21-13-5-3-2-4-12(13)20-10)15(18)16-6-7-19-9-11(16)8-17/h2-5,10-11,14,17H,6-9H2,1H3. The molecule has 1 fully saturated rings. The van der Waals surface area contributed by atoms with Crippen molar-refractivity contribution in [3.63, 3.8) is 0 Å². The van der Waals surface area contributed by atoms with Crippen molar-refractivity contribution >= 4 is 5.91 Å². The maximum Gasteiger partial charge on any atom is 0.268 e. The molecule has 0 spiro atoms. The summed E-state index contributed by atoms with van der Waals surface area (Å²) in [5.41, 5.74) is 0. The van der Waals surface area contributed by atoms with E-state index in [0.717, 1.165) is 0 Å². The van der Waals surface area contributed by atoms with Gasteiger partial charge in [-0.25, -0.2) is 0 Å². The number of carbonyl (C=O) groups excluding carboxylic acids is 1. The van der Waals surface area contributed by atoms with Crippen molar-refractivity contribution in [3.05, 3.63) is 24.3 Å². The molecule has 2 aliphatic rings. The average molecular weight is 293 g/mol. The van der Waals surface area contributed by atoms with Crippen molar-refractivity contribution in [3.8, 4) is 11.5 Å². The minimum absolute atomic E-state index is 0.121. The molecular formula is C15H19NO5. The van der Waals surface area contributed by atoms with Gasteiger partial charge in [0.25, 0.3) is 5.91 Å². The first kappa shape index (κ1) is 14.2. The van der Waals surface area contributed by atoms with Crippen LogP contribution in [0.4, 0.5) is 0 Å². The Morgan fingerprint density at radius 2 is 2.05 bits per heavy atom. The van der Waals surface area contributed by atoms with Gasteiger partial charge in [0.15, 0.2) is 11.5 Å². The number of morpholine rings is 1. The lowest BCUT2D eigenvalue weighted by molar-refractivity contribution is -0.154. The lowest BCUT2D eigenvalue weighted by Gasteiger charge is -2.39. The number of amides is 1. The van der Waals surface area contributed by atoms with Gasteiger partial charge in [-0.05, 0) is 19.1 Å². The maximum absolute atomic E-state index is 12.7. The van der Waals surface area contributed by atoms with Gasteiger partial charge in [-0.3, -0.25) is 4.79 Å². The van der Waals surface area contributed by atoms with Crippen molar-refractivity contribution in [1.82, 2.24) is 4.90 Å². The van der Waals surface area contributed by atoms with Crippen LogP contribution < -0.4 is 9.47 Å². The number of hydrogen-bond donors (Lipinski definition) is 1. The van der Waals surface area contributed by atoms with Crippen LogP contribution in [0.25, 0.3) is 0 Å². The van der Waals surface area contributed by atoms with Crippen molar-refractivity contribution < 1.29 is 24.1 Å². The zero-order valence-electron chi connectivity index (χ0n) is 11.9. The third kappa shape index (κ3) is 2.69. The normalized spacial score (nSPS) is 28.3. The van der Waals surface area contributed by atoms with E-state index in [1.807, 2.05) is 25.1 Å². The molecule has 114 valence electrons. The van der Waals surface area contributed by atoms with Crippen LogP contribution in [-0.2, 0) is 9.53 Å². The summed E-state index contributed by atoms with van der Waals surface area (Å²) >= 11 is 0. The second kappa shape index (κ2) is 5.91. The number of ether oxygens (including phenoxy) is 3. The van der Waals surface area contributed by atoms with E-state index in [-0.39, 0.29) is 24.7 Å². The molecule has 1 amide bonds. The van der Waals surface area contributed by atoms with Gasteiger partial charge in [-0.1, -0.05) is 12.1 Å². The maximum atomic E-state index is 12.7. The smallest absolute Gasteiger partial charge is 0.268 e. The van der Waals surface area contributed by atoms with Crippen molar-refractivity contribution in [1.29, 1.82) is 0 Å². The Balaban J connectivity index is 1.78. The summed E-state index contributed by atoms with van der Waals surface area (Å²) in [6.07, 6.45) is -1.08. The summed E-state index contributed by atoms with van der Waals surface area (Å²) in [4.78, 5) is 14.3. The van der Waals surface area contributed by atoms with Gasteiger partial charge in [0.05, 0.1) is 25.9 Å². The monoisotopic (exact) mass is 293 g/mol. The molecular weight excluding hydrogens is 274 g/mol. The number of benzene rings is 1. The number of nitrogens with zero attached hydrogens (tertiary/aromatic N) is 1. The molecule has 3 atom stereocenters. The van der Waals surface area contributed by atoms with Gasteiger partial charge < -0.3 is 24.2 Å². The van der Waals surface area contributed by atoms with E-state index in [0.29, 0.717) is 31.3 Å². The minimum atomic E-state index is -0.702. The molecule has 3 unspecified atom stereocenters. The van der Waals surface area contributed by atoms with Gasteiger partial charge in [-0.2, -0.15) is 0 Å². The molecule has 1 aromatic rings. The van der Waals surface area contributed by atoms with Crippen LogP contribution in [0.1, 0.15) is 6.92 Å². The topological polar surface area (TPSA) is 68.2 Å². The van der Waals surface area contributed by atoms with E-state index in [2.05, 4.69) is 0 Å². The molecule has 1 N–H and O–H groups in total. The van der Waals surface area contributed by atoms with Gasteiger partial charge in [0, 0.05) is 6.54 Å². The molecule has 1 aromatic carbocycles. The Morgan fingerprint density at radius 3 is 2.76 bits per heavy atom. The van der Waals surface area contributed by atoms with E-state index in [1.54, 1.807) is 11.0 Å². The van der Waals surface area contributed by atoms with Crippen LogP contribution in [-0.4, -0.2) is 60.5 Å². The Hall–Kier alpha value is -1.79. The number of aliphatic hydroxyl groups excluding tert-OH is 1. The van der Waals surface area contributed by atoms with Crippen LogP contribution in [0.5, 0.6) is 11.5 Å². The fraction of sp³-hybridized carbons (Fsp3) is 0.533. The first-order valence-corrected chi connectivity index (χ1v) is 7.12. The third-order valence-electron chi connectivity index (χ3n) is 3.81. The highest BCUT2D eigenvalue weighted by Gasteiger charge is 2.39. The summed E-state index contributed by atoms with van der Waals surface area (Å²) < 4.78 is 16.9. The van der Waals surface area contributed by atoms with E-state index in [4.69, 9.17) is 14.2 Å². The Labute approximate surface area is 123 Å². The number of carbonyl (C=O) groups is 1. The molecule has 0 bridgehead atoms. The van der Waals surface area contributed by atoms with Crippen LogP contribution in [0.3, 0.4) is 0 Å². The quantitative estimate of drug-likeness (QED) is 0.856. The highest BCUT2D eigenvalue weighted by atomic mass is 16.6. The summed E-state index contributed by atoms with van der Waals surface area (Å²) in [6, 6.07) is 6.98. The lowest BCUT2D eigenvalue weighted by Crippen LogP contribution is -2.58. The number of rotatable bonds is 2. The predicted molar refractivity (Wildman–Crippen MR) is 74.4 cm³/mol. The largest absolute Gasteiger partial charge is 0.482 e. The molecule has 0 aliphatic carbocycles. The molecule has 21 heavy (non-hydrogen) atoms. The predicted octanol–water partition coefficient (Wildman–Crippen LogP) is 0.435. The molecule has 0 radical (unpaired) electrons. The molecule has 2 aliphatic heterocycles. The Morgan fingerprint density at radius 1 is 1.33 bits per heavy atom. The number of para-hydroxylation sites is 2. The van der Waals surface area contributed by atoms with E-state index >= 15 is 0 Å². The molecule has 1 saturated heterocycles. The summed E-state index contributed by atoms with van der Waals surface area (Å²) in [5.74, 6) is 1.05. The highest BCUT2D eigenvalue weighted by Crippen LogP contribution is 2.34. The summed E-state index contributed by atoms with van der Waals surface area (Å²) in [6.45, 7) is 2.97. The van der Waals surface area contributed by atoms with Crippen LogP contribution >= 0.6 is 0 Å². The number of hydrogen-bond acceptors (Lipinski definition) is 5. The second-order valence-corrected chi connectivity index (χ2v) is 5.25. The van der Waals surface area contributed by atoms with Crippen molar-refractivity contribution in [2.45, 2.75) is 25.2 Å². The second-order valence-electron chi connectivity index (χ2n) is 5.25. The first-order valence-electron chi connectivity index (χ1n) is 7.12.